The zero-order valence-electron chi connectivity index (χ0n) is 27.6. The second kappa shape index (κ2) is 12.3. The van der Waals surface area contributed by atoms with Gasteiger partial charge in [-0.1, -0.05) is 24.6 Å². The molecule has 2 saturated heterocycles. The van der Waals surface area contributed by atoms with Gasteiger partial charge in [-0.2, -0.15) is 10.2 Å². The number of hydrogen-bond donors (Lipinski definition) is 1. The first-order chi connectivity index (χ1) is 22.7. The molecule has 248 valence electrons. The number of thiophene rings is 1. The van der Waals surface area contributed by atoms with Gasteiger partial charge in [0.05, 0.1) is 16.5 Å². The van der Waals surface area contributed by atoms with Crippen LogP contribution in [-0.4, -0.2) is 81.7 Å². The molecule has 47 heavy (non-hydrogen) atoms. The summed E-state index contributed by atoms with van der Waals surface area (Å²) >= 11 is 1.49. The lowest BCUT2D eigenvalue weighted by atomic mass is 9.72. The van der Waals surface area contributed by atoms with E-state index in [2.05, 4.69) is 48.5 Å². The predicted octanol–water partition coefficient (Wildman–Crippen LogP) is 5.30. The molecule has 2 aliphatic carbocycles. The van der Waals surface area contributed by atoms with Crippen molar-refractivity contribution in [3.05, 3.63) is 46.7 Å². The Balaban J connectivity index is 1.26. The van der Waals surface area contributed by atoms with E-state index in [1.54, 1.807) is 0 Å². The summed E-state index contributed by atoms with van der Waals surface area (Å²) in [6.45, 7) is 11.0. The summed E-state index contributed by atoms with van der Waals surface area (Å²) in [5.74, 6) is 1.36. The van der Waals surface area contributed by atoms with Crippen molar-refractivity contribution in [3.8, 4) is 23.5 Å². The minimum Gasteiger partial charge on any atom is -0.473 e. The highest BCUT2D eigenvalue weighted by atomic mass is 32.1. The molecule has 0 aromatic carbocycles. The minimum absolute atomic E-state index is 0.00567. The molecule has 5 heterocycles. The Morgan fingerprint density at radius 1 is 1.21 bits per heavy atom. The Hall–Kier alpha value is -3.95. The van der Waals surface area contributed by atoms with Crippen molar-refractivity contribution in [1.29, 1.82) is 5.26 Å². The Bertz CT molecular complexity index is 1720. The maximum Gasteiger partial charge on any atom is 0.246 e. The summed E-state index contributed by atoms with van der Waals surface area (Å²) in [6.07, 6.45) is 10.4. The number of carbonyl (C=O) groups is 1. The average molecular weight is 657 g/mol. The number of pyridine rings is 1. The number of nitrogens with two attached hydrogens (primary N) is 1. The summed E-state index contributed by atoms with van der Waals surface area (Å²) in [5, 5.41) is 15.0. The van der Waals surface area contributed by atoms with Crippen molar-refractivity contribution in [3.63, 3.8) is 0 Å². The molecule has 3 aromatic rings. The number of aromatic nitrogens is 3. The fourth-order valence-electron chi connectivity index (χ4n) is 8.62. The van der Waals surface area contributed by atoms with Gasteiger partial charge in [-0.25, -0.2) is 4.98 Å². The summed E-state index contributed by atoms with van der Waals surface area (Å²) in [5.41, 5.74) is 8.38. The topological polar surface area (TPSA) is 138 Å². The van der Waals surface area contributed by atoms with Crippen molar-refractivity contribution in [1.82, 2.24) is 24.9 Å². The number of aryl methyl sites for hydroxylation is 1. The van der Waals surface area contributed by atoms with Gasteiger partial charge in [0.2, 0.25) is 23.5 Å². The first-order valence-corrected chi connectivity index (χ1v) is 17.7. The third-order valence-electron chi connectivity index (χ3n) is 11.1. The lowest BCUT2D eigenvalue weighted by Crippen LogP contribution is -2.62. The molecule has 7 rings (SSSR count). The van der Waals surface area contributed by atoms with Crippen LogP contribution in [-0.2, 0) is 16.6 Å². The Morgan fingerprint density at radius 2 is 2.02 bits per heavy atom. The maximum absolute atomic E-state index is 12.9. The number of hydrogen-bond acceptors (Lipinski definition) is 11. The number of ether oxygens (including phenoxy) is 1. The van der Waals surface area contributed by atoms with Gasteiger partial charge in [0.25, 0.3) is 0 Å². The normalized spacial score (nSPS) is 24.7. The number of fused-ring (bicyclic) bond motifs is 1. The number of piperazine rings is 1. The van der Waals surface area contributed by atoms with Crippen LogP contribution in [0, 0.1) is 11.3 Å². The molecule has 0 bridgehead atoms. The molecule has 0 unspecified atom stereocenters. The number of carbonyl (C=O) groups excluding carboxylic acids is 1. The number of likely N-dealkylation sites (tertiary alicyclic amines) is 1. The van der Waals surface area contributed by atoms with E-state index < -0.39 is 5.41 Å². The van der Waals surface area contributed by atoms with E-state index in [4.69, 9.17) is 25.0 Å². The molecule has 2 aliphatic heterocycles. The van der Waals surface area contributed by atoms with Crippen LogP contribution < -0.4 is 15.4 Å². The number of likely N-dealkylation sites (N-methyl/N-ethyl adjacent to an activating group) is 1. The van der Waals surface area contributed by atoms with Crippen LogP contribution >= 0.6 is 11.3 Å². The number of nitriles is 1. The van der Waals surface area contributed by atoms with E-state index in [0.717, 1.165) is 87.0 Å². The van der Waals surface area contributed by atoms with Crippen molar-refractivity contribution in [2.45, 2.75) is 94.7 Å². The minimum atomic E-state index is -0.626. The number of rotatable bonds is 7. The third kappa shape index (κ3) is 5.47. The maximum atomic E-state index is 12.9. The zero-order valence-corrected chi connectivity index (χ0v) is 28.4. The molecule has 1 amide bonds. The first kappa shape index (κ1) is 31.6. The summed E-state index contributed by atoms with van der Waals surface area (Å²) in [7, 11) is 2.15. The molecule has 2 N–H and O–H groups in total. The van der Waals surface area contributed by atoms with E-state index in [1.165, 1.54) is 17.4 Å². The molecular formula is C35H44N8O3S. The van der Waals surface area contributed by atoms with E-state index in [0.29, 0.717) is 53.0 Å². The summed E-state index contributed by atoms with van der Waals surface area (Å²) in [4.78, 5) is 30.7. The standard InChI is InChI=1S/C35H44N8O3S/c1-5-29(44)43-17-16-42(21-35(43)13-6-7-14-35)23-18-25(38-28(19-23)45-22(2)26-10-9-15-41(26)4)32-39-33(46-40-32)34(3)12-8-11-27-30(34)24(20-36)31(37)47-27/h5,18-19,22,26H,1,6-17,21,37H2,2-4H3/t22-,26-,34-/m0/s1. The van der Waals surface area contributed by atoms with Gasteiger partial charge in [-0.3, -0.25) is 9.69 Å². The van der Waals surface area contributed by atoms with Crippen molar-refractivity contribution < 1.29 is 14.1 Å². The van der Waals surface area contributed by atoms with Gasteiger partial charge in [0, 0.05) is 47.9 Å². The smallest absolute Gasteiger partial charge is 0.246 e. The van der Waals surface area contributed by atoms with Gasteiger partial charge in [-0.15, -0.1) is 11.3 Å². The second-order valence-electron chi connectivity index (χ2n) is 14.0. The van der Waals surface area contributed by atoms with Crippen molar-refractivity contribution in [2.75, 3.05) is 43.9 Å². The number of anilines is 2. The predicted molar refractivity (Wildman–Crippen MR) is 181 cm³/mol. The molecule has 1 spiro atoms. The highest BCUT2D eigenvalue weighted by Crippen LogP contribution is 2.49. The number of nitrogens with zero attached hydrogens (tertiary/aromatic N) is 7. The van der Waals surface area contributed by atoms with Crippen molar-refractivity contribution >= 4 is 27.9 Å². The molecule has 4 aliphatic rings. The van der Waals surface area contributed by atoms with Crippen LogP contribution in [0.15, 0.2) is 29.3 Å². The van der Waals surface area contributed by atoms with Crippen LogP contribution in [0.4, 0.5) is 10.7 Å². The Morgan fingerprint density at radius 3 is 2.74 bits per heavy atom. The fourth-order valence-corrected chi connectivity index (χ4v) is 9.81. The SMILES string of the molecule is C=CC(=O)N1CCN(c2cc(O[C@@H](C)[C@@H]3CCCN3C)nc(-c3noc([C@@]4(C)CCCc5sc(N)c(C#N)c54)n3)c2)CC12CCCC2. The van der Waals surface area contributed by atoms with Gasteiger partial charge in [0.15, 0.2) is 0 Å². The fraction of sp³-hybridized carbons (Fsp3) is 0.571. The molecule has 3 aromatic heterocycles. The van der Waals surface area contributed by atoms with E-state index in [9.17, 15) is 10.1 Å². The molecule has 3 fully saturated rings. The van der Waals surface area contributed by atoms with Crippen LogP contribution in [0.3, 0.4) is 0 Å². The molecule has 12 heteroatoms. The Kier molecular flexibility index (Phi) is 8.25. The van der Waals surface area contributed by atoms with E-state index in [1.807, 2.05) is 17.0 Å². The third-order valence-corrected chi connectivity index (χ3v) is 12.2. The molecule has 1 saturated carbocycles. The van der Waals surface area contributed by atoms with Gasteiger partial charge in [-0.05, 0) is 84.5 Å². The first-order valence-electron chi connectivity index (χ1n) is 16.9. The molecule has 3 atom stereocenters. The number of amides is 1. The molecular weight excluding hydrogens is 613 g/mol. The summed E-state index contributed by atoms with van der Waals surface area (Å²) in [6, 6.07) is 6.67. The van der Waals surface area contributed by atoms with E-state index in [-0.39, 0.29) is 17.6 Å². The zero-order chi connectivity index (χ0) is 32.9. The highest BCUT2D eigenvalue weighted by Gasteiger charge is 2.46. The van der Waals surface area contributed by atoms with E-state index >= 15 is 0 Å². The second-order valence-corrected chi connectivity index (χ2v) is 15.1. The number of nitrogen functional groups attached to an aromatic ring is 1. The van der Waals surface area contributed by atoms with Crippen molar-refractivity contribution in [2.24, 2.45) is 0 Å². The summed E-state index contributed by atoms with van der Waals surface area (Å²) < 4.78 is 12.6. The van der Waals surface area contributed by atoms with Crippen LogP contribution in [0.5, 0.6) is 5.88 Å². The van der Waals surface area contributed by atoms with Gasteiger partial charge < -0.3 is 24.8 Å². The lowest BCUT2D eigenvalue weighted by molar-refractivity contribution is -0.132. The monoisotopic (exact) mass is 656 g/mol. The van der Waals surface area contributed by atoms with Gasteiger partial charge >= 0.3 is 0 Å². The van der Waals surface area contributed by atoms with Gasteiger partial charge in [0.1, 0.15) is 22.9 Å². The average Bonchev–Trinajstić information content (AvgIpc) is 3.88. The quantitative estimate of drug-likeness (QED) is 0.334. The molecule has 11 nitrogen and oxygen atoms in total. The highest BCUT2D eigenvalue weighted by molar-refractivity contribution is 7.16. The van der Waals surface area contributed by atoms with Crippen LogP contribution in [0.2, 0.25) is 0 Å². The lowest BCUT2D eigenvalue weighted by Gasteiger charge is -2.49. The van der Waals surface area contributed by atoms with Crippen LogP contribution in [0.25, 0.3) is 11.5 Å². The largest absolute Gasteiger partial charge is 0.473 e. The van der Waals surface area contributed by atoms with Crippen LogP contribution in [0.1, 0.15) is 87.1 Å². The molecule has 0 radical (unpaired) electrons. The Labute approximate surface area is 280 Å².